The third kappa shape index (κ3) is 5.36. The number of amides is 1. The van der Waals surface area contributed by atoms with Crippen LogP contribution in [0.5, 0.6) is 0 Å². The molecule has 0 radical (unpaired) electrons. The van der Waals surface area contributed by atoms with Gasteiger partial charge in [-0.15, -0.1) is 0 Å². The second kappa shape index (κ2) is 11.3. The van der Waals surface area contributed by atoms with E-state index in [1.807, 2.05) is 43.3 Å². The number of thiazole rings is 1. The molecule has 1 aromatic heterocycles. The molecule has 8 nitrogen and oxygen atoms in total. The van der Waals surface area contributed by atoms with Crippen molar-refractivity contribution in [2.75, 3.05) is 55.1 Å². The largest absolute Gasteiger partial charge is 0.379 e. The molecule has 4 aromatic rings. The average Bonchev–Trinajstić information content (AvgIpc) is 3.60. The highest BCUT2D eigenvalue weighted by molar-refractivity contribution is 7.92. The topological polar surface area (TPSA) is 83.0 Å². The molecule has 1 fully saturated rings. The van der Waals surface area contributed by atoms with E-state index in [0.717, 1.165) is 66.3 Å². The lowest BCUT2D eigenvalue weighted by atomic mass is 10.2. The van der Waals surface area contributed by atoms with Crippen molar-refractivity contribution in [1.29, 1.82) is 0 Å². The van der Waals surface area contributed by atoms with Crippen molar-refractivity contribution in [3.8, 4) is 0 Å². The van der Waals surface area contributed by atoms with E-state index in [0.29, 0.717) is 30.2 Å². The molecule has 0 saturated carbocycles. The van der Waals surface area contributed by atoms with Gasteiger partial charge < -0.3 is 4.74 Å². The second-order valence-corrected chi connectivity index (χ2v) is 13.1. The van der Waals surface area contributed by atoms with Crippen molar-refractivity contribution >= 4 is 48.3 Å². The summed E-state index contributed by atoms with van der Waals surface area (Å²) in [6.07, 6.45) is 1.48. The third-order valence-corrected chi connectivity index (χ3v) is 10.4. The van der Waals surface area contributed by atoms with Crippen molar-refractivity contribution in [3.63, 3.8) is 0 Å². The van der Waals surface area contributed by atoms with Crippen molar-refractivity contribution < 1.29 is 17.9 Å². The molecule has 3 aromatic carbocycles. The SMILES string of the molecule is Cc1ccc2nc(N(CCCN3CCOCC3)C(=O)c3ccc(S(=O)(=O)N4CCc5ccccc54)cc3)sc2c1. The molecule has 0 spiro atoms. The van der Waals surface area contributed by atoms with Crippen LogP contribution in [0.15, 0.2) is 71.6 Å². The third-order valence-electron chi connectivity index (χ3n) is 7.50. The lowest BCUT2D eigenvalue weighted by molar-refractivity contribution is 0.0376. The molecule has 208 valence electrons. The van der Waals surface area contributed by atoms with Crippen LogP contribution >= 0.6 is 11.3 Å². The van der Waals surface area contributed by atoms with E-state index in [1.54, 1.807) is 17.0 Å². The van der Waals surface area contributed by atoms with Gasteiger partial charge in [0.05, 0.1) is 34.0 Å². The molecule has 2 aliphatic rings. The maximum atomic E-state index is 13.9. The Kier molecular flexibility index (Phi) is 7.59. The maximum Gasteiger partial charge on any atom is 0.264 e. The molecule has 0 N–H and O–H groups in total. The van der Waals surface area contributed by atoms with Crippen LogP contribution < -0.4 is 9.21 Å². The van der Waals surface area contributed by atoms with E-state index in [2.05, 4.69) is 11.0 Å². The number of hydrogen-bond acceptors (Lipinski definition) is 7. The van der Waals surface area contributed by atoms with Crippen molar-refractivity contribution in [3.05, 3.63) is 83.4 Å². The van der Waals surface area contributed by atoms with E-state index >= 15 is 0 Å². The van der Waals surface area contributed by atoms with Crippen LogP contribution in [0.25, 0.3) is 10.2 Å². The lowest BCUT2D eigenvalue weighted by Crippen LogP contribution is -2.39. The first-order chi connectivity index (χ1) is 19.4. The monoisotopic (exact) mass is 576 g/mol. The number of benzene rings is 3. The zero-order chi connectivity index (χ0) is 27.7. The van der Waals surface area contributed by atoms with Crippen LogP contribution in [0.2, 0.25) is 0 Å². The summed E-state index contributed by atoms with van der Waals surface area (Å²) in [5.74, 6) is -0.187. The van der Waals surface area contributed by atoms with Crippen molar-refractivity contribution in [1.82, 2.24) is 9.88 Å². The maximum absolute atomic E-state index is 13.9. The highest BCUT2D eigenvalue weighted by Crippen LogP contribution is 2.33. The van der Waals surface area contributed by atoms with Crippen molar-refractivity contribution in [2.45, 2.75) is 24.7 Å². The van der Waals surface area contributed by atoms with Gasteiger partial charge in [0.1, 0.15) is 0 Å². The fourth-order valence-electron chi connectivity index (χ4n) is 5.31. The molecule has 1 saturated heterocycles. The first-order valence-electron chi connectivity index (χ1n) is 13.6. The molecule has 6 rings (SSSR count). The average molecular weight is 577 g/mol. The smallest absolute Gasteiger partial charge is 0.264 e. The number of carbonyl (C=O) groups excluding carboxylic acids is 1. The first-order valence-corrected chi connectivity index (χ1v) is 15.9. The Balaban J connectivity index is 1.24. The van der Waals surface area contributed by atoms with Gasteiger partial charge in [0.25, 0.3) is 15.9 Å². The van der Waals surface area contributed by atoms with Gasteiger partial charge in [0.2, 0.25) is 0 Å². The zero-order valence-electron chi connectivity index (χ0n) is 22.5. The molecule has 0 aliphatic carbocycles. The van der Waals surface area contributed by atoms with Gasteiger partial charge in [-0.1, -0.05) is 35.6 Å². The number of carbonyl (C=O) groups is 1. The van der Waals surface area contributed by atoms with E-state index in [-0.39, 0.29) is 10.8 Å². The summed E-state index contributed by atoms with van der Waals surface area (Å²) in [7, 11) is -3.73. The molecule has 10 heteroatoms. The first kappa shape index (κ1) is 26.9. The van der Waals surface area contributed by atoms with E-state index in [9.17, 15) is 13.2 Å². The summed E-state index contributed by atoms with van der Waals surface area (Å²) in [5, 5.41) is 0.651. The van der Waals surface area contributed by atoms with Gasteiger partial charge in [-0.2, -0.15) is 0 Å². The van der Waals surface area contributed by atoms with E-state index in [1.165, 1.54) is 27.8 Å². The van der Waals surface area contributed by atoms with Gasteiger partial charge in [0, 0.05) is 38.3 Å². The van der Waals surface area contributed by atoms with E-state index in [4.69, 9.17) is 9.72 Å². The van der Waals surface area contributed by atoms with Crippen LogP contribution in [0.4, 0.5) is 10.8 Å². The summed E-state index contributed by atoms with van der Waals surface area (Å²) in [5.41, 5.74) is 4.19. The molecule has 40 heavy (non-hydrogen) atoms. The summed E-state index contributed by atoms with van der Waals surface area (Å²) < 4.78 is 34.9. The van der Waals surface area contributed by atoms with Crippen LogP contribution in [-0.4, -0.2) is 70.1 Å². The molecular weight excluding hydrogens is 544 g/mol. The number of rotatable bonds is 8. The minimum Gasteiger partial charge on any atom is -0.379 e. The van der Waals surface area contributed by atoms with Crippen LogP contribution in [0.3, 0.4) is 0 Å². The molecule has 0 atom stereocenters. The number of aromatic nitrogens is 1. The number of anilines is 2. The molecule has 3 heterocycles. The number of para-hydroxylation sites is 1. The van der Waals surface area contributed by atoms with Gasteiger partial charge >= 0.3 is 0 Å². The summed E-state index contributed by atoms with van der Waals surface area (Å²) in [6, 6.07) is 20.0. The molecule has 1 amide bonds. The second-order valence-electron chi connectivity index (χ2n) is 10.2. The fourth-order valence-corrected chi connectivity index (χ4v) is 7.90. The highest BCUT2D eigenvalue weighted by atomic mass is 32.2. The number of fused-ring (bicyclic) bond motifs is 2. The number of nitrogens with zero attached hydrogens (tertiary/aromatic N) is 4. The Bertz CT molecular complexity index is 1630. The van der Waals surface area contributed by atoms with E-state index < -0.39 is 10.0 Å². The zero-order valence-corrected chi connectivity index (χ0v) is 24.1. The Labute approximate surface area is 238 Å². The minimum atomic E-state index is -3.73. The standard InChI is InChI=1S/C30H32N4O4S2/c1-22-7-12-26-28(21-22)39-30(31-26)33(15-4-14-32-17-19-38-20-18-32)29(35)24-8-10-25(11-9-24)40(36,37)34-16-13-23-5-2-3-6-27(23)34/h2-3,5-12,21H,4,13-20H2,1H3. The van der Waals surface area contributed by atoms with Gasteiger partial charge in [-0.3, -0.25) is 18.9 Å². The van der Waals surface area contributed by atoms with Gasteiger partial charge in [0.15, 0.2) is 5.13 Å². The summed E-state index contributed by atoms with van der Waals surface area (Å²) in [4.78, 5) is 22.9. The minimum absolute atomic E-state index is 0.176. The Morgan fingerprint density at radius 2 is 1.80 bits per heavy atom. The predicted octanol–water partition coefficient (Wildman–Crippen LogP) is 4.73. The molecule has 0 unspecified atom stereocenters. The predicted molar refractivity (Wildman–Crippen MR) is 159 cm³/mol. The molecule has 2 aliphatic heterocycles. The molecular formula is C30H32N4O4S2. The fraction of sp³-hybridized carbons (Fsp3) is 0.333. The highest BCUT2D eigenvalue weighted by Gasteiger charge is 2.31. The Morgan fingerprint density at radius 1 is 1.02 bits per heavy atom. The molecule has 0 bridgehead atoms. The number of ether oxygens (including phenoxy) is 1. The summed E-state index contributed by atoms with van der Waals surface area (Å²) in [6.45, 7) is 7.09. The Morgan fingerprint density at radius 3 is 2.60 bits per heavy atom. The summed E-state index contributed by atoms with van der Waals surface area (Å²) >= 11 is 1.50. The number of morpholine rings is 1. The number of hydrogen-bond donors (Lipinski definition) is 0. The normalized spacial score (nSPS) is 15.9. The Hall–Kier alpha value is -3.31. The van der Waals surface area contributed by atoms with Crippen LogP contribution in [0.1, 0.15) is 27.9 Å². The van der Waals surface area contributed by atoms with Gasteiger partial charge in [-0.25, -0.2) is 13.4 Å². The quantitative estimate of drug-likeness (QED) is 0.302. The van der Waals surface area contributed by atoms with Crippen molar-refractivity contribution in [2.24, 2.45) is 0 Å². The lowest BCUT2D eigenvalue weighted by Gasteiger charge is -2.27. The van der Waals surface area contributed by atoms with Crippen LogP contribution in [-0.2, 0) is 21.2 Å². The number of aryl methyl sites for hydroxylation is 1. The van der Waals surface area contributed by atoms with Gasteiger partial charge in [-0.05, 0) is 73.4 Å². The van der Waals surface area contributed by atoms with Crippen LogP contribution in [0, 0.1) is 6.92 Å². The number of sulfonamides is 1.